The summed E-state index contributed by atoms with van der Waals surface area (Å²) in [6.45, 7) is 0. The predicted molar refractivity (Wildman–Crippen MR) is 127 cm³/mol. The molecular weight excluding hydrogens is 477 g/mol. The third kappa shape index (κ3) is 3.04. The van der Waals surface area contributed by atoms with Crippen LogP contribution >= 0.6 is 23.4 Å². The highest BCUT2D eigenvalue weighted by Crippen LogP contribution is 2.42. The van der Waals surface area contributed by atoms with Crippen LogP contribution in [0.5, 0.6) is 0 Å². The number of nitrogens with zero attached hydrogens (tertiary/aromatic N) is 2. The van der Waals surface area contributed by atoms with Crippen LogP contribution in [-0.4, -0.2) is 16.0 Å². The Morgan fingerprint density at radius 2 is 1.82 bits per heavy atom. The second-order valence-electron chi connectivity index (χ2n) is 7.92. The third-order valence-corrected chi connectivity index (χ3v) is 7.21. The summed E-state index contributed by atoms with van der Waals surface area (Å²) in [5.41, 5.74) is 0.980. The van der Waals surface area contributed by atoms with Gasteiger partial charge in [0, 0.05) is 15.9 Å². The fourth-order valence-electron chi connectivity index (χ4n) is 4.36. The second kappa shape index (κ2) is 7.68. The fourth-order valence-corrected chi connectivity index (χ4v) is 5.49. The summed E-state index contributed by atoms with van der Waals surface area (Å²) in [6.07, 6.45) is 0. The molecule has 0 saturated carbocycles. The highest BCUT2D eigenvalue weighted by atomic mass is 35.5. The Morgan fingerprint density at radius 1 is 1.03 bits per heavy atom. The van der Waals surface area contributed by atoms with E-state index in [-0.39, 0.29) is 5.69 Å². The fraction of sp³-hybridized carbons (Fsp3) is 0.0833. The van der Waals surface area contributed by atoms with Gasteiger partial charge in [0.05, 0.1) is 22.5 Å². The smallest absolute Gasteiger partial charge is 0.317 e. The zero-order chi connectivity index (χ0) is 23.4. The molecule has 1 atom stereocenters. The lowest BCUT2D eigenvalue weighted by Gasteiger charge is -2.28. The molecular formula is C24H16ClFN5O2S+. The lowest BCUT2D eigenvalue weighted by molar-refractivity contribution is -0.781. The third-order valence-electron chi connectivity index (χ3n) is 5.92. The van der Waals surface area contributed by atoms with Gasteiger partial charge in [-0.25, -0.2) is 4.39 Å². The molecule has 3 N–H and O–H groups in total. The number of nitrogens with one attached hydrogen (secondary N) is 3. The molecule has 0 unspecified atom stereocenters. The Hall–Kier alpha value is -3.69. The zero-order valence-corrected chi connectivity index (χ0v) is 19.0. The summed E-state index contributed by atoms with van der Waals surface area (Å²) in [6, 6.07) is 18.6. The molecule has 10 heteroatoms. The summed E-state index contributed by atoms with van der Waals surface area (Å²) in [5.74, 6) is -0.513. The van der Waals surface area contributed by atoms with E-state index in [1.54, 1.807) is 30.3 Å². The molecule has 0 aliphatic carbocycles. The SMILES string of the molecule is O=C1Nc2ccc(F)cc2[C@]12Nc1ccccc1-c1c(=O)[nH]c(SCc3ccccc3Cl)n[n+]12. The molecule has 7 nitrogen and oxygen atoms in total. The maximum Gasteiger partial charge on any atom is 0.374 e. The van der Waals surface area contributed by atoms with Gasteiger partial charge in [-0.3, -0.25) is 14.6 Å². The number of carbonyl (C=O) groups excluding carboxylic acids is 1. The van der Waals surface area contributed by atoms with Crippen LogP contribution in [0.3, 0.4) is 0 Å². The van der Waals surface area contributed by atoms with Crippen molar-refractivity contribution in [3.8, 4) is 11.3 Å². The number of benzene rings is 3. The van der Waals surface area contributed by atoms with Crippen LogP contribution in [-0.2, 0) is 16.2 Å². The van der Waals surface area contributed by atoms with E-state index in [9.17, 15) is 14.0 Å². The minimum Gasteiger partial charge on any atom is -0.317 e. The van der Waals surface area contributed by atoms with Gasteiger partial charge in [-0.1, -0.05) is 53.7 Å². The topological polar surface area (TPSA) is 90.8 Å². The molecule has 2 aliphatic heterocycles. The second-order valence-corrected chi connectivity index (χ2v) is 9.30. The van der Waals surface area contributed by atoms with Crippen LogP contribution in [0.2, 0.25) is 5.02 Å². The van der Waals surface area contributed by atoms with Gasteiger partial charge in [-0.05, 0) is 46.6 Å². The lowest BCUT2D eigenvalue weighted by atomic mass is 9.95. The maximum absolute atomic E-state index is 14.3. The Bertz CT molecular complexity index is 1560. The highest BCUT2D eigenvalue weighted by Gasteiger charge is 2.62. The first-order chi connectivity index (χ1) is 16.5. The largest absolute Gasteiger partial charge is 0.374 e. The number of thioether (sulfide) groups is 1. The van der Waals surface area contributed by atoms with Crippen LogP contribution in [0.1, 0.15) is 11.1 Å². The zero-order valence-electron chi connectivity index (χ0n) is 17.4. The van der Waals surface area contributed by atoms with Crippen molar-refractivity contribution in [1.29, 1.82) is 0 Å². The number of para-hydroxylation sites is 1. The summed E-state index contributed by atoms with van der Waals surface area (Å²) in [7, 11) is 0. The van der Waals surface area contributed by atoms with E-state index < -0.39 is 22.9 Å². The number of fused-ring (bicyclic) bond motifs is 6. The van der Waals surface area contributed by atoms with Crippen LogP contribution in [0, 0.1) is 5.82 Å². The normalized spacial score (nSPS) is 17.5. The first-order valence-corrected chi connectivity index (χ1v) is 11.8. The minimum absolute atomic E-state index is 0.198. The molecule has 1 spiro atoms. The number of H-pyrrole nitrogens is 1. The number of amides is 1. The number of aromatic nitrogens is 3. The standard InChI is InChI=1S/C24H15ClFN5O2S/c25-17-7-3-1-5-13(17)12-34-23-28-21(32)20-15-6-2-4-8-18(15)29-24(31(20)30-23)16-11-14(26)9-10-19(16)27-22(24)33/h1-11H,12H2,(H2,27,28,30,32,33)/p+1/t24-/m1/s1. The summed E-state index contributed by atoms with van der Waals surface area (Å²) in [5, 5.41) is 11.6. The number of hydrogen-bond acceptors (Lipinski definition) is 5. The molecule has 4 aromatic rings. The van der Waals surface area contributed by atoms with Gasteiger partial charge in [-0.15, -0.1) is 0 Å². The monoisotopic (exact) mass is 492 g/mol. The molecule has 6 rings (SSSR count). The number of aromatic amines is 1. The number of halogens is 2. The average molecular weight is 493 g/mol. The molecule has 1 amide bonds. The molecule has 0 fully saturated rings. The molecule has 1 aromatic heterocycles. The summed E-state index contributed by atoms with van der Waals surface area (Å²) < 4.78 is 15.7. The number of rotatable bonds is 3. The molecule has 34 heavy (non-hydrogen) atoms. The van der Waals surface area contributed by atoms with Crippen LogP contribution in [0.4, 0.5) is 15.8 Å². The Kier molecular flexibility index (Phi) is 4.72. The van der Waals surface area contributed by atoms with E-state index in [1.807, 2.05) is 18.2 Å². The van der Waals surface area contributed by atoms with E-state index in [4.69, 9.17) is 11.6 Å². The maximum atomic E-state index is 14.3. The van der Waals surface area contributed by atoms with Gasteiger partial charge in [-0.2, -0.15) is 0 Å². The van der Waals surface area contributed by atoms with E-state index >= 15 is 0 Å². The van der Waals surface area contributed by atoms with Crippen LogP contribution < -0.4 is 20.9 Å². The van der Waals surface area contributed by atoms with Crippen LogP contribution in [0.25, 0.3) is 11.3 Å². The van der Waals surface area contributed by atoms with Gasteiger partial charge < -0.3 is 10.6 Å². The van der Waals surface area contributed by atoms with Gasteiger partial charge in [0.2, 0.25) is 5.16 Å². The average Bonchev–Trinajstić information content (AvgIpc) is 3.10. The van der Waals surface area contributed by atoms with Crippen molar-refractivity contribution in [1.82, 2.24) is 10.1 Å². The number of carbonyl (C=O) groups is 1. The van der Waals surface area contributed by atoms with Crippen molar-refractivity contribution in [2.75, 3.05) is 10.6 Å². The van der Waals surface area contributed by atoms with E-state index in [2.05, 4.69) is 20.7 Å². The van der Waals surface area contributed by atoms with Crippen molar-refractivity contribution in [3.05, 3.63) is 99.1 Å². The van der Waals surface area contributed by atoms with Crippen molar-refractivity contribution < 1.29 is 13.9 Å². The summed E-state index contributed by atoms with van der Waals surface area (Å²) >= 11 is 7.55. The van der Waals surface area contributed by atoms with Gasteiger partial charge in [0.15, 0.2) is 0 Å². The van der Waals surface area contributed by atoms with E-state index in [0.29, 0.717) is 38.4 Å². The Labute approximate surface area is 202 Å². The van der Waals surface area contributed by atoms with E-state index in [0.717, 1.165) is 5.56 Å². The molecule has 0 bridgehead atoms. The molecule has 3 heterocycles. The highest BCUT2D eigenvalue weighted by molar-refractivity contribution is 7.98. The van der Waals surface area contributed by atoms with E-state index in [1.165, 1.54) is 34.6 Å². The first-order valence-electron chi connectivity index (χ1n) is 10.4. The lowest BCUT2D eigenvalue weighted by Crippen LogP contribution is -2.71. The van der Waals surface area contributed by atoms with Crippen molar-refractivity contribution in [3.63, 3.8) is 0 Å². The van der Waals surface area contributed by atoms with Crippen molar-refractivity contribution in [2.45, 2.75) is 16.6 Å². The summed E-state index contributed by atoms with van der Waals surface area (Å²) in [4.78, 5) is 29.6. The van der Waals surface area contributed by atoms with Gasteiger partial charge in [0.1, 0.15) is 5.82 Å². The van der Waals surface area contributed by atoms with Gasteiger partial charge in [0.25, 0.3) is 0 Å². The van der Waals surface area contributed by atoms with Crippen molar-refractivity contribution >= 4 is 40.6 Å². The minimum atomic E-state index is -1.63. The molecule has 0 saturated heterocycles. The molecule has 0 radical (unpaired) electrons. The number of anilines is 2. The quantitative estimate of drug-likeness (QED) is 0.298. The Morgan fingerprint density at radius 3 is 2.68 bits per heavy atom. The van der Waals surface area contributed by atoms with Crippen molar-refractivity contribution in [2.24, 2.45) is 0 Å². The number of hydrogen-bond donors (Lipinski definition) is 3. The predicted octanol–water partition coefficient (Wildman–Crippen LogP) is 3.89. The first kappa shape index (κ1) is 20.9. The molecule has 3 aromatic carbocycles. The molecule has 2 aliphatic rings. The van der Waals surface area contributed by atoms with Gasteiger partial charge >= 0.3 is 22.8 Å². The Balaban J connectivity index is 1.56. The van der Waals surface area contributed by atoms with Crippen LogP contribution in [0.15, 0.2) is 76.7 Å². The molecule has 168 valence electrons.